The second-order valence-electron chi connectivity index (χ2n) is 4.85. The molecule has 1 nitrogen and oxygen atoms in total. The molecule has 3 rings (SSSR count). The Morgan fingerprint density at radius 3 is 2.83 bits per heavy atom. The monoisotopic (exact) mass is 235 g/mol. The van der Waals surface area contributed by atoms with Crippen molar-refractivity contribution in [3.8, 4) is 0 Å². The second-order valence-corrected chi connectivity index (χ2v) is 4.85. The number of rotatable bonds is 2. The van der Waals surface area contributed by atoms with Crippen LogP contribution in [0.4, 0.5) is 0 Å². The highest BCUT2D eigenvalue weighted by molar-refractivity contribution is 5.84. The smallest absolute Gasteiger partial charge is 0.0343 e. The molecule has 1 heteroatoms. The number of pyridine rings is 1. The lowest BCUT2D eigenvalue weighted by Gasteiger charge is -2.24. The average molecular weight is 235 g/mol. The first-order valence-electron chi connectivity index (χ1n) is 6.58. The zero-order valence-electron chi connectivity index (χ0n) is 10.6. The Bertz CT molecular complexity index is 569. The van der Waals surface area contributed by atoms with Crippen molar-refractivity contribution in [3.63, 3.8) is 0 Å². The SMILES string of the molecule is CC[C@H]1CC(c2cccnc2)=Cc2ccccc21. The Morgan fingerprint density at radius 2 is 2.06 bits per heavy atom. The average Bonchev–Trinajstić information content (AvgIpc) is 2.47. The molecule has 0 fully saturated rings. The molecule has 1 heterocycles. The van der Waals surface area contributed by atoms with Crippen LogP contribution in [-0.4, -0.2) is 4.98 Å². The molecule has 1 aliphatic rings. The molecule has 1 atom stereocenters. The second kappa shape index (κ2) is 4.77. The van der Waals surface area contributed by atoms with E-state index in [1.54, 1.807) is 0 Å². The van der Waals surface area contributed by atoms with Crippen molar-refractivity contribution in [1.82, 2.24) is 4.98 Å². The zero-order valence-corrected chi connectivity index (χ0v) is 10.6. The van der Waals surface area contributed by atoms with Gasteiger partial charge in [-0.05, 0) is 47.1 Å². The van der Waals surface area contributed by atoms with E-state index in [0.717, 1.165) is 6.42 Å². The minimum Gasteiger partial charge on any atom is -0.264 e. The number of hydrogen-bond donors (Lipinski definition) is 0. The van der Waals surface area contributed by atoms with Gasteiger partial charge >= 0.3 is 0 Å². The molecular formula is C17H17N. The lowest BCUT2D eigenvalue weighted by atomic mass is 9.80. The predicted molar refractivity (Wildman–Crippen MR) is 76.2 cm³/mol. The lowest BCUT2D eigenvalue weighted by Crippen LogP contribution is -2.06. The van der Waals surface area contributed by atoms with Crippen molar-refractivity contribution in [1.29, 1.82) is 0 Å². The molecule has 0 saturated carbocycles. The van der Waals surface area contributed by atoms with Crippen LogP contribution in [0.2, 0.25) is 0 Å². The summed E-state index contributed by atoms with van der Waals surface area (Å²) in [5.74, 6) is 0.640. The van der Waals surface area contributed by atoms with Crippen molar-refractivity contribution < 1.29 is 0 Å². The van der Waals surface area contributed by atoms with E-state index in [1.807, 2.05) is 18.5 Å². The molecule has 0 radical (unpaired) electrons. The predicted octanol–water partition coefficient (Wildman–Crippen LogP) is 4.52. The molecule has 1 aliphatic carbocycles. The van der Waals surface area contributed by atoms with Crippen LogP contribution in [0.15, 0.2) is 48.8 Å². The van der Waals surface area contributed by atoms with Gasteiger partial charge in [0, 0.05) is 12.4 Å². The van der Waals surface area contributed by atoms with Gasteiger partial charge in [-0.15, -0.1) is 0 Å². The van der Waals surface area contributed by atoms with E-state index in [0.29, 0.717) is 5.92 Å². The molecule has 0 bridgehead atoms. The Kier molecular flexibility index (Phi) is 2.97. The van der Waals surface area contributed by atoms with E-state index in [-0.39, 0.29) is 0 Å². The maximum Gasteiger partial charge on any atom is 0.0343 e. The van der Waals surface area contributed by atoms with Crippen LogP contribution in [0.25, 0.3) is 11.6 Å². The number of hydrogen-bond acceptors (Lipinski definition) is 1. The van der Waals surface area contributed by atoms with Gasteiger partial charge in [0.15, 0.2) is 0 Å². The molecule has 0 unspecified atom stereocenters. The summed E-state index contributed by atoms with van der Waals surface area (Å²) in [6.07, 6.45) is 8.43. The molecule has 1 aromatic carbocycles. The summed E-state index contributed by atoms with van der Waals surface area (Å²) in [6.45, 7) is 2.27. The first-order valence-corrected chi connectivity index (χ1v) is 6.58. The van der Waals surface area contributed by atoms with Crippen LogP contribution in [0.1, 0.15) is 42.4 Å². The van der Waals surface area contributed by atoms with Crippen LogP contribution in [0.3, 0.4) is 0 Å². The molecule has 0 saturated heterocycles. The van der Waals surface area contributed by atoms with Crippen LogP contribution >= 0.6 is 0 Å². The fourth-order valence-electron chi connectivity index (χ4n) is 2.75. The lowest BCUT2D eigenvalue weighted by molar-refractivity contribution is 0.676. The number of allylic oxidation sites excluding steroid dienone is 1. The van der Waals surface area contributed by atoms with Gasteiger partial charge < -0.3 is 0 Å². The van der Waals surface area contributed by atoms with Gasteiger partial charge in [-0.1, -0.05) is 43.3 Å². The highest BCUT2D eigenvalue weighted by Crippen LogP contribution is 2.39. The third-order valence-corrected chi connectivity index (χ3v) is 3.76. The van der Waals surface area contributed by atoms with Crippen molar-refractivity contribution in [2.45, 2.75) is 25.7 Å². The van der Waals surface area contributed by atoms with Gasteiger partial charge in [-0.2, -0.15) is 0 Å². The Hall–Kier alpha value is -1.89. The fourth-order valence-corrected chi connectivity index (χ4v) is 2.75. The molecule has 90 valence electrons. The first-order chi connectivity index (χ1) is 8.88. The number of benzene rings is 1. The summed E-state index contributed by atoms with van der Waals surface area (Å²) in [5, 5.41) is 0. The van der Waals surface area contributed by atoms with Crippen LogP contribution in [0.5, 0.6) is 0 Å². The van der Waals surface area contributed by atoms with Gasteiger partial charge in [-0.25, -0.2) is 0 Å². The van der Waals surface area contributed by atoms with Crippen LogP contribution in [-0.2, 0) is 0 Å². The summed E-state index contributed by atoms with van der Waals surface area (Å²) in [5.41, 5.74) is 5.53. The Morgan fingerprint density at radius 1 is 1.17 bits per heavy atom. The third kappa shape index (κ3) is 1.97. The summed E-state index contributed by atoms with van der Waals surface area (Å²) in [6, 6.07) is 12.9. The minimum atomic E-state index is 0.640. The highest BCUT2D eigenvalue weighted by Gasteiger charge is 2.20. The molecule has 0 N–H and O–H groups in total. The Balaban J connectivity index is 2.07. The van der Waals surface area contributed by atoms with E-state index in [4.69, 9.17) is 0 Å². The number of aromatic nitrogens is 1. The van der Waals surface area contributed by atoms with Crippen LogP contribution in [0, 0.1) is 0 Å². The topological polar surface area (TPSA) is 12.9 Å². The zero-order chi connectivity index (χ0) is 12.4. The summed E-state index contributed by atoms with van der Waals surface area (Å²) >= 11 is 0. The third-order valence-electron chi connectivity index (χ3n) is 3.76. The Labute approximate surface area is 108 Å². The van der Waals surface area contributed by atoms with Gasteiger partial charge in [0.1, 0.15) is 0 Å². The number of nitrogens with zero attached hydrogens (tertiary/aromatic N) is 1. The largest absolute Gasteiger partial charge is 0.264 e. The summed E-state index contributed by atoms with van der Waals surface area (Å²) in [4.78, 5) is 4.23. The summed E-state index contributed by atoms with van der Waals surface area (Å²) in [7, 11) is 0. The van der Waals surface area contributed by atoms with Gasteiger partial charge in [0.05, 0.1) is 0 Å². The van der Waals surface area contributed by atoms with Gasteiger partial charge in [-0.3, -0.25) is 4.98 Å². The normalized spacial score (nSPS) is 18.1. The van der Waals surface area contributed by atoms with Crippen molar-refractivity contribution in [3.05, 3.63) is 65.5 Å². The van der Waals surface area contributed by atoms with E-state index >= 15 is 0 Å². The molecule has 0 spiro atoms. The standard InChI is InChI=1S/C17H17N/c1-2-13-10-16(15-7-5-9-18-12-15)11-14-6-3-4-8-17(13)14/h3-9,11-13H,2,10H2,1H3/t13-/m0/s1. The van der Waals surface area contributed by atoms with Crippen molar-refractivity contribution in [2.75, 3.05) is 0 Å². The molecule has 0 amide bonds. The molecule has 2 aromatic rings. The van der Waals surface area contributed by atoms with E-state index in [1.165, 1.54) is 28.7 Å². The van der Waals surface area contributed by atoms with E-state index in [2.05, 4.69) is 48.3 Å². The van der Waals surface area contributed by atoms with Gasteiger partial charge in [0.25, 0.3) is 0 Å². The first kappa shape index (κ1) is 11.2. The van der Waals surface area contributed by atoms with E-state index in [9.17, 15) is 0 Å². The fraction of sp³-hybridized carbons (Fsp3) is 0.235. The molecular weight excluding hydrogens is 218 g/mol. The maximum atomic E-state index is 4.23. The molecule has 1 aromatic heterocycles. The quantitative estimate of drug-likeness (QED) is 0.745. The molecule has 0 aliphatic heterocycles. The van der Waals surface area contributed by atoms with Gasteiger partial charge in [0.2, 0.25) is 0 Å². The number of fused-ring (bicyclic) bond motifs is 1. The molecule has 18 heavy (non-hydrogen) atoms. The van der Waals surface area contributed by atoms with Crippen molar-refractivity contribution >= 4 is 11.6 Å². The van der Waals surface area contributed by atoms with E-state index < -0.39 is 0 Å². The minimum absolute atomic E-state index is 0.640. The summed E-state index contributed by atoms with van der Waals surface area (Å²) < 4.78 is 0. The van der Waals surface area contributed by atoms with Crippen molar-refractivity contribution in [2.24, 2.45) is 0 Å². The van der Waals surface area contributed by atoms with Crippen LogP contribution < -0.4 is 0 Å². The maximum absolute atomic E-state index is 4.23. The highest BCUT2D eigenvalue weighted by atomic mass is 14.6.